The minimum Gasteiger partial charge on any atom is -0.354 e. The van der Waals surface area contributed by atoms with Crippen molar-refractivity contribution in [3.8, 4) is 0 Å². The lowest BCUT2D eigenvalue weighted by molar-refractivity contribution is -0.115. The van der Waals surface area contributed by atoms with Gasteiger partial charge in [0.15, 0.2) is 5.13 Å². The molecule has 6 heteroatoms. The Hall–Kier alpha value is -1.43. The van der Waals surface area contributed by atoms with Gasteiger partial charge in [-0.15, -0.1) is 11.3 Å². The molecule has 0 fully saturated rings. The third-order valence-corrected chi connectivity index (χ3v) is 2.29. The molecule has 1 aromatic rings. The highest BCUT2D eigenvalue weighted by atomic mass is 32.1. The summed E-state index contributed by atoms with van der Waals surface area (Å²) >= 11 is 1.23. The van der Waals surface area contributed by atoms with Crippen LogP contribution in [0.3, 0.4) is 0 Å². The zero-order chi connectivity index (χ0) is 10.6. The largest absolute Gasteiger partial charge is 0.354 e. The quantitative estimate of drug-likeness (QED) is 0.782. The van der Waals surface area contributed by atoms with Crippen LogP contribution < -0.4 is 10.6 Å². The Kier molecular flexibility index (Phi) is 3.58. The van der Waals surface area contributed by atoms with E-state index in [9.17, 15) is 9.59 Å². The second-order valence-corrected chi connectivity index (χ2v) is 3.38. The van der Waals surface area contributed by atoms with Crippen LogP contribution in [0.25, 0.3) is 0 Å². The molecule has 5 nitrogen and oxygen atoms in total. The molecule has 1 aromatic heterocycles. The van der Waals surface area contributed by atoms with E-state index in [1.807, 2.05) is 0 Å². The van der Waals surface area contributed by atoms with Crippen LogP contribution in [0.2, 0.25) is 0 Å². The molecule has 0 saturated carbocycles. The van der Waals surface area contributed by atoms with Crippen LogP contribution >= 0.6 is 11.3 Å². The minimum atomic E-state index is -0.252. The van der Waals surface area contributed by atoms with E-state index >= 15 is 0 Å². The number of thiazole rings is 1. The molecular formula is C8H11N3O2S. The smallest absolute Gasteiger partial charge is 0.270 e. The fraction of sp³-hybridized carbons (Fsp3) is 0.375. The number of aromatic nitrogens is 1. The van der Waals surface area contributed by atoms with E-state index < -0.39 is 0 Å². The number of carbonyl (C=O) groups is 2. The summed E-state index contributed by atoms with van der Waals surface area (Å²) in [5.41, 5.74) is 0.323. The van der Waals surface area contributed by atoms with Gasteiger partial charge < -0.3 is 10.6 Å². The average Bonchev–Trinajstić information content (AvgIpc) is 2.65. The van der Waals surface area contributed by atoms with Crippen LogP contribution in [-0.2, 0) is 4.79 Å². The van der Waals surface area contributed by atoms with Crippen LogP contribution in [0.15, 0.2) is 5.38 Å². The van der Waals surface area contributed by atoms with Crippen LogP contribution in [0.4, 0.5) is 5.13 Å². The number of hydrogen-bond acceptors (Lipinski definition) is 4. The fourth-order valence-electron chi connectivity index (χ4n) is 0.771. The van der Waals surface area contributed by atoms with Crippen molar-refractivity contribution in [1.82, 2.24) is 10.3 Å². The van der Waals surface area contributed by atoms with Crippen molar-refractivity contribution >= 4 is 28.3 Å². The van der Waals surface area contributed by atoms with Gasteiger partial charge in [-0.05, 0) is 0 Å². The van der Waals surface area contributed by atoms with Crippen molar-refractivity contribution < 1.29 is 9.59 Å². The number of hydrogen-bond donors (Lipinski definition) is 2. The standard InChI is InChI=1S/C8H11N3O2S/c1-3-6(12)11-8-10-5(4-14-8)7(13)9-2/h4H,3H2,1-2H3,(H,9,13)(H,10,11,12). The van der Waals surface area contributed by atoms with E-state index in [4.69, 9.17) is 0 Å². The Morgan fingerprint density at radius 1 is 1.57 bits per heavy atom. The van der Waals surface area contributed by atoms with Crippen molar-refractivity contribution in [3.05, 3.63) is 11.1 Å². The molecule has 0 radical (unpaired) electrons. The van der Waals surface area contributed by atoms with Gasteiger partial charge in [-0.3, -0.25) is 9.59 Å². The molecule has 76 valence electrons. The monoisotopic (exact) mass is 213 g/mol. The Morgan fingerprint density at radius 3 is 2.86 bits per heavy atom. The van der Waals surface area contributed by atoms with Crippen molar-refractivity contribution in [2.45, 2.75) is 13.3 Å². The number of nitrogens with one attached hydrogen (secondary N) is 2. The molecule has 0 saturated heterocycles. The van der Waals surface area contributed by atoms with Gasteiger partial charge in [0.1, 0.15) is 5.69 Å². The first kappa shape index (κ1) is 10.6. The summed E-state index contributed by atoms with van der Waals surface area (Å²) in [6.45, 7) is 1.75. The molecule has 2 amide bonds. The predicted molar refractivity (Wildman–Crippen MR) is 54.4 cm³/mol. The molecule has 0 aliphatic heterocycles. The second-order valence-electron chi connectivity index (χ2n) is 2.52. The molecule has 1 rings (SSSR count). The van der Waals surface area contributed by atoms with Gasteiger partial charge in [-0.2, -0.15) is 0 Å². The summed E-state index contributed by atoms with van der Waals surface area (Å²) in [6, 6.07) is 0. The maximum atomic E-state index is 11.1. The van der Waals surface area contributed by atoms with Crippen molar-refractivity contribution in [1.29, 1.82) is 0 Å². The second kappa shape index (κ2) is 4.71. The number of anilines is 1. The molecule has 0 aliphatic rings. The van der Waals surface area contributed by atoms with Gasteiger partial charge >= 0.3 is 0 Å². The number of amides is 2. The fourth-order valence-corrected chi connectivity index (χ4v) is 1.48. The van der Waals surface area contributed by atoms with Gasteiger partial charge in [0.25, 0.3) is 5.91 Å². The summed E-state index contributed by atoms with van der Waals surface area (Å²) in [5, 5.41) is 7.09. The lowest BCUT2D eigenvalue weighted by Crippen LogP contribution is -2.18. The maximum absolute atomic E-state index is 11.1. The van der Waals surface area contributed by atoms with E-state index in [2.05, 4.69) is 15.6 Å². The molecule has 0 bridgehead atoms. The summed E-state index contributed by atoms with van der Waals surface area (Å²) in [4.78, 5) is 26.0. The minimum absolute atomic E-state index is 0.109. The lowest BCUT2D eigenvalue weighted by Gasteiger charge is -1.96. The summed E-state index contributed by atoms with van der Waals surface area (Å²) in [5.74, 6) is -0.360. The Labute approximate surface area is 85.5 Å². The van der Waals surface area contributed by atoms with E-state index in [0.717, 1.165) is 0 Å². The SMILES string of the molecule is CCC(=O)Nc1nc(C(=O)NC)cs1. The highest BCUT2D eigenvalue weighted by Gasteiger charge is 2.09. The van der Waals surface area contributed by atoms with Gasteiger partial charge in [0.05, 0.1) is 0 Å². The number of rotatable bonds is 3. The van der Waals surface area contributed by atoms with Gasteiger partial charge in [-0.25, -0.2) is 4.98 Å². The first-order chi connectivity index (χ1) is 6.67. The predicted octanol–water partition coefficient (Wildman–Crippen LogP) is 0.851. The first-order valence-electron chi connectivity index (χ1n) is 4.14. The normalized spacial score (nSPS) is 9.57. The van der Waals surface area contributed by atoms with Gasteiger partial charge in [0.2, 0.25) is 5.91 Å². The summed E-state index contributed by atoms with van der Waals surface area (Å²) in [6.07, 6.45) is 0.398. The van der Waals surface area contributed by atoms with Crippen molar-refractivity contribution in [2.24, 2.45) is 0 Å². The van der Waals surface area contributed by atoms with E-state index in [-0.39, 0.29) is 11.8 Å². The maximum Gasteiger partial charge on any atom is 0.270 e. The Bertz CT molecular complexity index is 348. The zero-order valence-corrected chi connectivity index (χ0v) is 8.77. The van der Waals surface area contributed by atoms with Crippen molar-refractivity contribution in [2.75, 3.05) is 12.4 Å². The topological polar surface area (TPSA) is 71.1 Å². The third-order valence-electron chi connectivity index (χ3n) is 1.53. The molecule has 2 N–H and O–H groups in total. The molecule has 0 atom stereocenters. The molecule has 0 unspecified atom stereocenters. The number of carbonyl (C=O) groups excluding carboxylic acids is 2. The molecule has 0 spiro atoms. The number of nitrogens with zero attached hydrogens (tertiary/aromatic N) is 1. The average molecular weight is 213 g/mol. The van der Waals surface area contributed by atoms with E-state index in [1.165, 1.54) is 18.4 Å². The van der Waals surface area contributed by atoms with E-state index in [0.29, 0.717) is 17.2 Å². The highest BCUT2D eigenvalue weighted by Crippen LogP contribution is 2.15. The Morgan fingerprint density at radius 2 is 2.29 bits per heavy atom. The van der Waals surface area contributed by atoms with E-state index in [1.54, 1.807) is 12.3 Å². The van der Waals surface area contributed by atoms with Crippen LogP contribution in [-0.4, -0.2) is 23.8 Å². The highest BCUT2D eigenvalue weighted by molar-refractivity contribution is 7.14. The van der Waals surface area contributed by atoms with Crippen LogP contribution in [0.5, 0.6) is 0 Å². The zero-order valence-electron chi connectivity index (χ0n) is 7.96. The third kappa shape index (κ3) is 2.53. The lowest BCUT2D eigenvalue weighted by atomic mass is 10.4. The summed E-state index contributed by atoms with van der Waals surface area (Å²) < 4.78 is 0. The Balaban J connectivity index is 2.68. The van der Waals surface area contributed by atoms with Crippen LogP contribution in [0.1, 0.15) is 23.8 Å². The molecule has 1 heterocycles. The van der Waals surface area contributed by atoms with Crippen LogP contribution in [0, 0.1) is 0 Å². The van der Waals surface area contributed by atoms with Gasteiger partial charge in [-0.1, -0.05) is 6.92 Å². The molecule has 0 aromatic carbocycles. The molecular weight excluding hydrogens is 202 g/mol. The first-order valence-corrected chi connectivity index (χ1v) is 5.02. The molecule has 14 heavy (non-hydrogen) atoms. The van der Waals surface area contributed by atoms with Gasteiger partial charge in [0, 0.05) is 18.8 Å². The van der Waals surface area contributed by atoms with Crippen molar-refractivity contribution in [3.63, 3.8) is 0 Å². The molecule has 0 aliphatic carbocycles. The summed E-state index contributed by atoms with van der Waals surface area (Å²) in [7, 11) is 1.53.